The van der Waals surface area contributed by atoms with E-state index in [-0.39, 0.29) is 11.6 Å². The van der Waals surface area contributed by atoms with Crippen LogP contribution in [0.15, 0.2) is 23.6 Å². The first-order chi connectivity index (χ1) is 9.97. The van der Waals surface area contributed by atoms with E-state index in [9.17, 15) is 9.59 Å². The average molecular weight is 305 g/mol. The maximum absolute atomic E-state index is 12.0. The first-order valence-electron chi connectivity index (χ1n) is 6.29. The topological polar surface area (TPSA) is 105 Å². The van der Waals surface area contributed by atoms with Crippen LogP contribution in [0, 0.1) is 6.92 Å². The Kier molecular flexibility index (Phi) is 4.54. The van der Waals surface area contributed by atoms with Gasteiger partial charge in [0.2, 0.25) is 0 Å². The fourth-order valence-electron chi connectivity index (χ4n) is 1.77. The maximum Gasteiger partial charge on any atom is 0.355 e. The number of nitrogen functional groups attached to an aromatic ring is 1. The molecular weight excluding hydrogens is 290 g/mol. The van der Waals surface area contributed by atoms with Gasteiger partial charge >= 0.3 is 5.97 Å². The predicted octanol–water partition coefficient (Wildman–Crippen LogP) is 1.70. The van der Waals surface area contributed by atoms with E-state index in [0.717, 1.165) is 5.56 Å². The van der Waals surface area contributed by atoms with Crippen molar-refractivity contribution in [1.29, 1.82) is 0 Å². The van der Waals surface area contributed by atoms with Gasteiger partial charge in [0.05, 0.1) is 10.6 Å². The average Bonchev–Trinajstić information content (AvgIpc) is 2.90. The third kappa shape index (κ3) is 3.79. The highest BCUT2D eigenvalue weighted by atomic mass is 32.1. The van der Waals surface area contributed by atoms with E-state index in [0.29, 0.717) is 29.2 Å². The molecule has 0 aliphatic rings. The van der Waals surface area contributed by atoms with E-state index in [2.05, 4.69) is 10.3 Å². The van der Waals surface area contributed by atoms with Crippen molar-refractivity contribution in [3.8, 4) is 0 Å². The molecule has 0 aliphatic carbocycles. The van der Waals surface area contributed by atoms with Gasteiger partial charge in [-0.3, -0.25) is 4.79 Å². The number of carboxylic acids is 1. The number of aromatic carboxylic acids is 1. The van der Waals surface area contributed by atoms with Crippen LogP contribution in [0.5, 0.6) is 0 Å². The number of carbonyl (C=O) groups is 2. The molecule has 0 spiro atoms. The molecule has 1 amide bonds. The Balaban J connectivity index is 1.92. The lowest BCUT2D eigenvalue weighted by Crippen LogP contribution is -2.26. The molecule has 110 valence electrons. The van der Waals surface area contributed by atoms with Crippen LogP contribution in [0.25, 0.3) is 0 Å². The van der Waals surface area contributed by atoms with Crippen molar-refractivity contribution in [3.05, 3.63) is 45.4 Å². The summed E-state index contributed by atoms with van der Waals surface area (Å²) in [4.78, 5) is 26.7. The first kappa shape index (κ1) is 15.0. The van der Waals surface area contributed by atoms with Crippen molar-refractivity contribution in [2.45, 2.75) is 13.3 Å². The smallest absolute Gasteiger partial charge is 0.355 e. The summed E-state index contributed by atoms with van der Waals surface area (Å²) in [7, 11) is 0. The van der Waals surface area contributed by atoms with Crippen molar-refractivity contribution >= 4 is 28.9 Å². The van der Waals surface area contributed by atoms with Crippen LogP contribution in [-0.4, -0.2) is 28.5 Å². The minimum Gasteiger partial charge on any atom is -0.476 e. The van der Waals surface area contributed by atoms with Crippen LogP contribution < -0.4 is 11.1 Å². The maximum atomic E-state index is 12.0. The number of rotatable bonds is 5. The van der Waals surface area contributed by atoms with E-state index in [4.69, 9.17) is 10.8 Å². The van der Waals surface area contributed by atoms with Crippen molar-refractivity contribution in [2.75, 3.05) is 12.3 Å². The third-order valence-corrected chi connectivity index (χ3v) is 3.76. The molecule has 7 heteroatoms. The van der Waals surface area contributed by atoms with Crippen LogP contribution in [0.2, 0.25) is 0 Å². The summed E-state index contributed by atoms with van der Waals surface area (Å²) in [6.07, 6.45) is 0.482. The van der Waals surface area contributed by atoms with Gasteiger partial charge in [0.1, 0.15) is 0 Å². The Morgan fingerprint density at radius 3 is 2.86 bits per heavy atom. The van der Waals surface area contributed by atoms with Crippen LogP contribution in [0.3, 0.4) is 0 Å². The lowest BCUT2D eigenvalue weighted by Gasteiger charge is -2.07. The number of anilines is 1. The number of aryl methyl sites for hydroxylation is 1. The molecule has 21 heavy (non-hydrogen) atoms. The van der Waals surface area contributed by atoms with Crippen molar-refractivity contribution in [3.63, 3.8) is 0 Å². The SMILES string of the molecule is Cc1ccc(N)c(C(=O)NCCc2nc(C(=O)O)cs2)c1. The third-order valence-electron chi connectivity index (χ3n) is 2.85. The minimum atomic E-state index is -1.05. The van der Waals surface area contributed by atoms with Crippen LogP contribution >= 0.6 is 11.3 Å². The van der Waals surface area contributed by atoms with Crippen LogP contribution in [0.4, 0.5) is 5.69 Å². The molecule has 1 aromatic heterocycles. The van der Waals surface area contributed by atoms with Gasteiger partial charge in [0, 0.05) is 24.0 Å². The van der Waals surface area contributed by atoms with Gasteiger partial charge in [-0.25, -0.2) is 9.78 Å². The second-order valence-electron chi connectivity index (χ2n) is 4.53. The van der Waals surface area contributed by atoms with E-state index >= 15 is 0 Å². The molecule has 0 saturated carbocycles. The number of nitrogens with one attached hydrogen (secondary N) is 1. The highest BCUT2D eigenvalue weighted by Crippen LogP contribution is 2.14. The molecule has 1 heterocycles. The Morgan fingerprint density at radius 1 is 1.43 bits per heavy atom. The number of nitrogens with zero attached hydrogens (tertiary/aromatic N) is 1. The number of benzene rings is 1. The molecule has 0 saturated heterocycles. The summed E-state index contributed by atoms with van der Waals surface area (Å²) < 4.78 is 0. The number of nitrogens with two attached hydrogens (primary N) is 1. The molecule has 4 N–H and O–H groups in total. The van der Waals surface area contributed by atoms with Gasteiger partial charge in [-0.05, 0) is 19.1 Å². The molecule has 2 aromatic rings. The summed E-state index contributed by atoms with van der Waals surface area (Å²) in [6, 6.07) is 5.27. The van der Waals surface area contributed by atoms with Gasteiger partial charge < -0.3 is 16.2 Å². The number of hydrogen-bond acceptors (Lipinski definition) is 5. The van der Waals surface area contributed by atoms with Gasteiger partial charge in [0.25, 0.3) is 5.91 Å². The fraction of sp³-hybridized carbons (Fsp3) is 0.214. The Labute approximate surface area is 125 Å². The zero-order valence-electron chi connectivity index (χ0n) is 11.4. The van der Waals surface area contributed by atoms with E-state index < -0.39 is 5.97 Å². The van der Waals surface area contributed by atoms with Crippen LogP contribution in [-0.2, 0) is 6.42 Å². The molecule has 0 atom stereocenters. The predicted molar refractivity (Wildman–Crippen MR) is 80.7 cm³/mol. The lowest BCUT2D eigenvalue weighted by molar-refractivity contribution is 0.0690. The zero-order chi connectivity index (χ0) is 15.4. The normalized spacial score (nSPS) is 10.3. The summed E-state index contributed by atoms with van der Waals surface area (Å²) >= 11 is 1.26. The zero-order valence-corrected chi connectivity index (χ0v) is 12.2. The number of carboxylic acid groups (broad SMARTS) is 1. The van der Waals surface area contributed by atoms with Crippen molar-refractivity contribution < 1.29 is 14.7 Å². The highest BCUT2D eigenvalue weighted by Gasteiger charge is 2.11. The molecular formula is C14H15N3O3S. The molecule has 6 nitrogen and oxygen atoms in total. The van der Waals surface area contributed by atoms with E-state index in [1.165, 1.54) is 16.7 Å². The molecule has 0 bridgehead atoms. The molecule has 1 aromatic carbocycles. The standard InChI is InChI=1S/C14H15N3O3S/c1-8-2-3-10(15)9(6-8)13(18)16-5-4-12-17-11(7-21-12)14(19)20/h2-3,6-7H,4-5,15H2,1H3,(H,16,18)(H,19,20). The fourth-order valence-corrected chi connectivity index (χ4v) is 2.54. The monoisotopic (exact) mass is 305 g/mol. The van der Waals surface area contributed by atoms with Gasteiger partial charge in [-0.2, -0.15) is 0 Å². The van der Waals surface area contributed by atoms with Crippen molar-refractivity contribution in [1.82, 2.24) is 10.3 Å². The van der Waals surface area contributed by atoms with Crippen molar-refractivity contribution in [2.24, 2.45) is 0 Å². The summed E-state index contributed by atoms with van der Waals surface area (Å²) in [5.41, 5.74) is 7.64. The minimum absolute atomic E-state index is 0.0317. The van der Waals surface area contributed by atoms with Gasteiger partial charge in [-0.15, -0.1) is 11.3 Å². The molecule has 0 radical (unpaired) electrons. The number of hydrogen-bond donors (Lipinski definition) is 3. The quantitative estimate of drug-likeness (QED) is 0.729. The number of aromatic nitrogens is 1. The molecule has 0 fully saturated rings. The highest BCUT2D eigenvalue weighted by molar-refractivity contribution is 7.09. The summed E-state index contributed by atoms with van der Waals surface area (Å²) in [6.45, 7) is 2.26. The molecule has 0 unspecified atom stereocenters. The second-order valence-corrected chi connectivity index (χ2v) is 5.47. The molecule has 0 aliphatic heterocycles. The Hall–Kier alpha value is -2.41. The van der Waals surface area contributed by atoms with Crippen LogP contribution in [0.1, 0.15) is 31.4 Å². The summed E-state index contributed by atoms with van der Waals surface area (Å²) in [5, 5.41) is 13.7. The second kappa shape index (κ2) is 6.36. The number of amides is 1. The van der Waals surface area contributed by atoms with Gasteiger partial charge in [-0.1, -0.05) is 11.6 Å². The largest absolute Gasteiger partial charge is 0.476 e. The Bertz CT molecular complexity index is 682. The lowest BCUT2D eigenvalue weighted by atomic mass is 10.1. The summed E-state index contributed by atoms with van der Waals surface area (Å²) in [5.74, 6) is -1.29. The first-order valence-corrected chi connectivity index (χ1v) is 7.17. The number of thiazole rings is 1. The Morgan fingerprint density at radius 2 is 2.19 bits per heavy atom. The number of carbonyl (C=O) groups excluding carboxylic acids is 1. The van der Waals surface area contributed by atoms with E-state index in [1.807, 2.05) is 13.0 Å². The van der Waals surface area contributed by atoms with Gasteiger partial charge in [0.15, 0.2) is 5.69 Å². The van der Waals surface area contributed by atoms with E-state index in [1.54, 1.807) is 12.1 Å². The molecule has 2 rings (SSSR count).